The summed E-state index contributed by atoms with van der Waals surface area (Å²) in [6.07, 6.45) is 5.84. The molecule has 5 heteroatoms. The molecule has 2 aliphatic heterocycles. The van der Waals surface area contributed by atoms with E-state index in [1.807, 2.05) is 0 Å². The van der Waals surface area contributed by atoms with E-state index in [0.717, 1.165) is 44.0 Å². The Morgan fingerprint density at radius 1 is 1.11 bits per heavy atom. The number of fused-ring (bicyclic) bond motifs is 1. The predicted octanol–water partition coefficient (Wildman–Crippen LogP) is 0.786. The molecule has 1 fully saturated rings. The summed E-state index contributed by atoms with van der Waals surface area (Å²) in [6.45, 7) is 4.79. The van der Waals surface area contributed by atoms with Gasteiger partial charge in [0.15, 0.2) is 0 Å². The second-order valence-corrected chi connectivity index (χ2v) is 5.45. The monoisotopic (exact) mass is 250 g/mol. The topological polar surface area (TPSA) is 54.2 Å². The summed E-state index contributed by atoms with van der Waals surface area (Å²) in [5.41, 5.74) is 0. The van der Waals surface area contributed by atoms with E-state index in [1.165, 1.54) is 25.9 Å². The van der Waals surface area contributed by atoms with Gasteiger partial charge in [-0.05, 0) is 38.8 Å². The van der Waals surface area contributed by atoms with Crippen LogP contribution in [-0.2, 0) is 13.0 Å². The van der Waals surface area contributed by atoms with E-state index in [-0.39, 0.29) is 12.5 Å². The number of rotatable bonds is 4. The van der Waals surface area contributed by atoms with Crippen LogP contribution in [0.5, 0.6) is 0 Å². The number of aliphatic hydroxyl groups excluding tert-OH is 1. The van der Waals surface area contributed by atoms with Crippen molar-refractivity contribution < 1.29 is 5.11 Å². The maximum absolute atomic E-state index is 9.36. The normalized spacial score (nSPS) is 24.4. The van der Waals surface area contributed by atoms with Crippen LogP contribution in [0.1, 0.15) is 43.3 Å². The fourth-order valence-corrected chi connectivity index (χ4v) is 3.14. The molecular weight excluding hydrogens is 228 g/mol. The molecule has 3 rings (SSSR count). The van der Waals surface area contributed by atoms with Crippen LogP contribution in [0.3, 0.4) is 0 Å². The second-order valence-electron chi connectivity index (χ2n) is 5.45. The van der Waals surface area contributed by atoms with Crippen molar-refractivity contribution in [3.63, 3.8) is 0 Å². The van der Waals surface area contributed by atoms with Gasteiger partial charge in [-0.25, -0.2) is 0 Å². The SMILES string of the molecule is OCC1CCCn2c(CCN3CCCC3)nnc21. The second kappa shape index (κ2) is 5.36. The Hall–Kier alpha value is -0.940. The molecule has 1 atom stereocenters. The minimum atomic E-state index is 0.199. The van der Waals surface area contributed by atoms with Crippen LogP contribution in [0.4, 0.5) is 0 Å². The Morgan fingerprint density at radius 2 is 1.94 bits per heavy atom. The quantitative estimate of drug-likeness (QED) is 0.858. The van der Waals surface area contributed by atoms with Crippen LogP contribution in [0.2, 0.25) is 0 Å². The molecule has 0 amide bonds. The van der Waals surface area contributed by atoms with Crippen molar-refractivity contribution in [3.05, 3.63) is 11.6 Å². The van der Waals surface area contributed by atoms with Crippen molar-refractivity contribution in [1.82, 2.24) is 19.7 Å². The van der Waals surface area contributed by atoms with E-state index in [2.05, 4.69) is 19.7 Å². The summed E-state index contributed by atoms with van der Waals surface area (Å²) in [4.78, 5) is 2.51. The lowest BCUT2D eigenvalue weighted by Gasteiger charge is -2.22. The van der Waals surface area contributed by atoms with E-state index >= 15 is 0 Å². The molecule has 0 aromatic carbocycles. The molecule has 0 saturated carbocycles. The highest BCUT2D eigenvalue weighted by molar-refractivity contribution is 5.05. The van der Waals surface area contributed by atoms with Gasteiger partial charge in [-0.2, -0.15) is 0 Å². The first-order valence-electron chi connectivity index (χ1n) is 7.13. The summed E-state index contributed by atoms with van der Waals surface area (Å²) in [5.74, 6) is 2.31. The van der Waals surface area contributed by atoms with Gasteiger partial charge in [0.1, 0.15) is 11.6 Å². The zero-order chi connectivity index (χ0) is 12.4. The summed E-state index contributed by atoms with van der Waals surface area (Å²) >= 11 is 0. The van der Waals surface area contributed by atoms with Gasteiger partial charge in [0.05, 0.1) is 6.61 Å². The lowest BCUT2D eigenvalue weighted by molar-refractivity contribution is 0.236. The number of hydrogen-bond donors (Lipinski definition) is 1. The van der Waals surface area contributed by atoms with Crippen molar-refractivity contribution in [2.45, 2.75) is 44.6 Å². The minimum absolute atomic E-state index is 0.199. The van der Waals surface area contributed by atoms with Crippen LogP contribution in [0.25, 0.3) is 0 Å². The third-order valence-corrected chi connectivity index (χ3v) is 4.23. The number of hydrogen-bond acceptors (Lipinski definition) is 4. The summed E-state index contributed by atoms with van der Waals surface area (Å²) in [5, 5.41) is 18.0. The number of nitrogens with zero attached hydrogens (tertiary/aromatic N) is 4. The van der Waals surface area contributed by atoms with Crippen LogP contribution >= 0.6 is 0 Å². The highest BCUT2D eigenvalue weighted by atomic mass is 16.3. The molecule has 0 bridgehead atoms. The standard InChI is InChI=1S/C13H22N4O/c18-10-11-4-3-8-17-12(14-15-13(11)17)5-9-16-6-1-2-7-16/h11,18H,1-10H2. The van der Waals surface area contributed by atoms with Crippen LogP contribution in [-0.4, -0.2) is 51.0 Å². The molecule has 2 aliphatic rings. The van der Waals surface area contributed by atoms with Gasteiger partial charge >= 0.3 is 0 Å². The minimum Gasteiger partial charge on any atom is -0.396 e. The summed E-state index contributed by atoms with van der Waals surface area (Å²) in [7, 11) is 0. The molecule has 0 spiro atoms. The molecular formula is C13H22N4O. The Labute approximate surface area is 108 Å². The average Bonchev–Trinajstić information content (AvgIpc) is 3.05. The van der Waals surface area contributed by atoms with E-state index in [4.69, 9.17) is 0 Å². The number of aromatic nitrogens is 3. The third-order valence-electron chi connectivity index (χ3n) is 4.23. The maximum Gasteiger partial charge on any atom is 0.138 e. The Balaban J connectivity index is 1.67. The highest BCUT2D eigenvalue weighted by Crippen LogP contribution is 2.26. The lowest BCUT2D eigenvalue weighted by atomic mass is 10.00. The van der Waals surface area contributed by atoms with Gasteiger partial charge in [0.2, 0.25) is 0 Å². The van der Waals surface area contributed by atoms with Crippen LogP contribution in [0.15, 0.2) is 0 Å². The van der Waals surface area contributed by atoms with E-state index in [1.54, 1.807) is 0 Å². The molecule has 1 saturated heterocycles. The van der Waals surface area contributed by atoms with Crippen molar-refractivity contribution in [2.24, 2.45) is 0 Å². The molecule has 1 N–H and O–H groups in total. The zero-order valence-corrected chi connectivity index (χ0v) is 10.9. The third kappa shape index (κ3) is 2.29. The molecule has 0 radical (unpaired) electrons. The van der Waals surface area contributed by atoms with Crippen LogP contribution < -0.4 is 0 Å². The maximum atomic E-state index is 9.36. The summed E-state index contributed by atoms with van der Waals surface area (Å²) < 4.78 is 2.24. The van der Waals surface area contributed by atoms with Crippen molar-refractivity contribution in [1.29, 1.82) is 0 Å². The molecule has 5 nitrogen and oxygen atoms in total. The van der Waals surface area contributed by atoms with Crippen LogP contribution in [0, 0.1) is 0 Å². The lowest BCUT2D eigenvalue weighted by Crippen LogP contribution is -2.25. The van der Waals surface area contributed by atoms with Gasteiger partial charge in [-0.3, -0.25) is 0 Å². The predicted molar refractivity (Wildman–Crippen MR) is 68.5 cm³/mol. The number of aliphatic hydroxyl groups is 1. The van der Waals surface area contributed by atoms with Crippen molar-refractivity contribution >= 4 is 0 Å². The molecule has 1 unspecified atom stereocenters. The van der Waals surface area contributed by atoms with Crippen molar-refractivity contribution in [2.75, 3.05) is 26.2 Å². The molecule has 3 heterocycles. The van der Waals surface area contributed by atoms with Gasteiger partial charge in [0.25, 0.3) is 0 Å². The fraction of sp³-hybridized carbons (Fsp3) is 0.846. The molecule has 100 valence electrons. The molecule has 18 heavy (non-hydrogen) atoms. The fourth-order valence-electron chi connectivity index (χ4n) is 3.14. The Kier molecular flexibility index (Phi) is 3.61. The van der Waals surface area contributed by atoms with Gasteiger partial charge in [-0.1, -0.05) is 0 Å². The number of likely N-dealkylation sites (tertiary alicyclic amines) is 1. The van der Waals surface area contributed by atoms with Crippen molar-refractivity contribution in [3.8, 4) is 0 Å². The first-order valence-corrected chi connectivity index (χ1v) is 7.13. The zero-order valence-electron chi connectivity index (χ0n) is 10.9. The first kappa shape index (κ1) is 12.1. The Morgan fingerprint density at radius 3 is 2.72 bits per heavy atom. The highest BCUT2D eigenvalue weighted by Gasteiger charge is 2.24. The molecule has 1 aromatic heterocycles. The molecule has 0 aliphatic carbocycles. The van der Waals surface area contributed by atoms with Gasteiger partial charge in [-0.15, -0.1) is 10.2 Å². The van der Waals surface area contributed by atoms with Gasteiger partial charge < -0.3 is 14.6 Å². The Bertz CT molecular complexity index is 398. The van der Waals surface area contributed by atoms with E-state index < -0.39 is 0 Å². The average molecular weight is 250 g/mol. The van der Waals surface area contributed by atoms with E-state index in [9.17, 15) is 5.11 Å². The summed E-state index contributed by atoms with van der Waals surface area (Å²) in [6, 6.07) is 0. The molecule has 1 aromatic rings. The largest absolute Gasteiger partial charge is 0.396 e. The first-order chi connectivity index (χ1) is 8.88. The smallest absolute Gasteiger partial charge is 0.138 e. The van der Waals surface area contributed by atoms with Gasteiger partial charge in [0, 0.05) is 25.4 Å². The van der Waals surface area contributed by atoms with E-state index in [0.29, 0.717) is 0 Å².